The number of halogens is 2. The van der Waals surface area contributed by atoms with Crippen LogP contribution >= 0.6 is 0 Å². The molecule has 4 nitrogen and oxygen atoms in total. The molecule has 0 radical (unpaired) electrons. The van der Waals surface area contributed by atoms with E-state index in [2.05, 4.69) is 0 Å². The smallest absolute Gasteiger partial charge is 0.254 e. The standard InChI is InChI=1S/C20H18F2N2O2/c21-14-11-16(22)15-8-10-24(18(15)12-14)20(26)17-7-4-9-23(17)19(25)13-5-2-1-3-6-13/h1-3,5-6,11-12,17H,4,7-10H2. The van der Waals surface area contributed by atoms with Gasteiger partial charge < -0.3 is 9.80 Å². The van der Waals surface area contributed by atoms with Gasteiger partial charge in [-0.05, 0) is 37.5 Å². The minimum Gasteiger partial charge on any atom is -0.327 e. The van der Waals surface area contributed by atoms with E-state index in [0.29, 0.717) is 37.1 Å². The van der Waals surface area contributed by atoms with E-state index >= 15 is 0 Å². The number of carbonyl (C=O) groups excluding carboxylic acids is 2. The maximum absolute atomic E-state index is 13.9. The number of likely N-dealkylation sites (tertiary alicyclic amines) is 1. The summed E-state index contributed by atoms with van der Waals surface area (Å²) in [6.07, 6.45) is 1.64. The van der Waals surface area contributed by atoms with Gasteiger partial charge >= 0.3 is 0 Å². The molecule has 134 valence electrons. The van der Waals surface area contributed by atoms with Gasteiger partial charge in [0.15, 0.2) is 0 Å². The number of anilines is 1. The first-order valence-corrected chi connectivity index (χ1v) is 8.71. The van der Waals surface area contributed by atoms with Gasteiger partial charge in [-0.2, -0.15) is 0 Å². The third-order valence-corrected chi connectivity index (χ3v) is 5.10. The summed E-state index contributed by atoms with van der Waals surface area (Å²) in [5, 5.41) is 0. The van der Waals surface area contributed by atoms with E-state index < -0.39 is 17.7 Å². The van der Waals surface area contributed by atoms with Gasteiger partial charge in [0, 0.05) is 30.3 Å². The highest BCUT2D eigenvalue weighted by Gasteiger charge is 2.39. The Balaban J connectivity index is 1.60. The van der Waals surface area contributed by atoms with E-state index in [1.807, 2.05) is 6.07 Å². The molecular weight excluding hydrogens is 338 g/mol. The molecule has 2 heterocycles. The van der Waals surface area contributed by atoms with Crippen LogP contribution in [0.2, 0.25) is 0 Å². The van der Waals surface area contributed by atoms with Crippen molar-refractivity contribution in [3.63, 3.8) is 0 Å². The number of carbonyl (C=O) groups is 2. The van der Waals surface area contributed by atoms with Crippen molar-refractivity contribution in [1.82, 2.24) is 4.90 Å². The Morgan fingerprint density at radius 2 is 1.81 bits per heavy atom. The Bertz CT molecular complexity index is 870. The van der Waals surface area contributed by atoms with Crippen LogP contribution in [0.25, 0.3) is 0 Å². The van der Waals surface area contributed by atoms with Crippen molar-refractivity contribution in [2.45, 2.75) is 25.3 Å². The lowest BCUT2D eigenvalue weighted by Gasteiger charge is -2.28. The largest absolute Gasteiger partial charge is 0.327 e. The summed E-state index contributed by atoms with van der Waals surface area (Å²) in [6.45, 7) is 0.806. The van der Waals surface area contributed by atoms with Crippen molar-refractivity contribution in [2.75, 3.05) is 18.0 Å². The normalized spacial score (nSPS) is 18.9. The number of benzene rings is 2. The molecule has 1 atom stereocenters. The second kappa shape index (κ2) is 6.52. The van der Waals surface area contributed by atoms with Gasteiger partial charge in [-0.25, -0.2) is 8.78 Å². The van der Waals surface area contributed by atoms with E-state index in [1.54, 1.807) is 29.2 Å². The second-order valence-corrected chi connectivity index (χ2v) is 6.65. The topological polar surface area (TPSA) is 40.6 Å². The Labute approximate surface area is 150 Å². The molecule has 0 bridgehead atoms. The van der Waals surface area contributed by atoms with Crippen molar-refractivity contribution in [1.29, 1.82) is 0 Å². The Kier molecular flexibility index (Phi) is 4.18. The maximum atomic E-state index is 13.9. The minimum absolute atomic E-state index is 0.189. The second-order valence-electron chi connectivity index (χ2n) is 6.65. The predicted octanol–water partition coefficient (Wildman–Crippen LogP) is 3.16. The number of hydrogen-bond acceptors (Lipinski definition) is 2. The molecule has 1 fully saturated rings. The highest BCUT2D eigenvalue weighted by Crippen LogP contribution is 2.33. The summed E-state index contributed by atoms with van der Waals surface area (Å²) in [5.41, 5.74) is 1.18. The zero-order valence-electron chi connectivity index (χ0n) is 14.1. The van der Waals surface area contributed by atoms with Gasteiger partial charge in [0.1, 0.15) is 17.7 Å². The molecule has 0 N–H and O–H groups in total. The molecule has 1 unspecified atom stereocenters. The molecule has 2 aliphatic rings. The van der Waals surface area contributed by atoms with Crippen LogP contribution in [-0.4, -0.2) is 35.8 Å². The lowest BCUT2D eigenvalue weighted by molar-refractivity contribution is -0.122. The molecule has 0 aliphatic carbocycles. The van der Waals surface area contributed by atoms with Gasteiger partial charge in [0.05, 0.1) is 5.69 Å². The zero-order chi connectivity index (χ0) is 18.3. The third-order valence-electron chi connectivity index (χ3n) is 5.10. The van der Waals surface area contributed by atoms with Crippen LogP contribution in [0.3, 0.4) is 0 Å². The van der Waals surface area contributed by atoms with E-state index in [-0.39, 0.29) is 17.5 Å². The monoisotopic (exact) mass is 356 g/mol. The first-order chi connectivity index (χ1) is 12.6. The van der Waals surface area contributed by atoms with Gasteiger partial charge in [-0.1, -0.05) is 18.2 Å². The summed E-state index contributed by atoms with van der Waals surface area (Å²) >= 11 is 0. The van der Waals surface area contributed by atoms with Crippen LogP contribution in [0.5, 0.6) is 0 Å². The summed E-state index contributed by atoms with van der Waals surface area (Å²) in [7, 11) is 0. The molecule has 2 aliphatic heterocycles. The number of fused-ring (bicyclic) bond motifs is 1. The molecule has 0 spiro atoms. The van der Waals surface area contributed by atoms with Crippen molar-refractivity contribution in [3.8, 4) is 0 Å². The Morgan fingerprint density at radius 3 is 2.58 bits per heavy atom. The van der Waals surface area contributed by atoms with Gasteiger partial charge in [0.2, 0.25) is 5.91 Å². The van der Waals surface area contributed by atoms with Crippen molar-refractivity contribution in [3.05, 3.63) is 65.2 Å². The summed E-state index contributed by atoms with van der Waals surface area (Å²) < 4.78 is 27.6. The summed E-state index contributed by atoms with van der Waals surface area (Å²) in [4.78, 5) is 28.8. The average molecular weight is 356 g/mol. The molecule has 1 saturated heterocycles. The quantitative estimate of drug-likeness (QED) is 0.829. The van der Waals surface area contributed by atoms with Crippen molar-refractivity contribution < 1.29 is 18.4 Å². The Morgan fingerprint density at radius 1 is 1.04 bits per heavy atom. The van der Waals surface area contributed by atoms with Crippen molar-refractivity contribution in [2.24, 2.45) is 0 Å². The van der Waals surface area contributed by atoms with Crippen molar-refractivity contribution >= 4 is 17.5 Å². The molecule has 6 heteroatoms. The lowest BCUT2D eigenvalue weighted by atomic mass is 10.1. The first kappa shape index (κ1) is 16.7. The number of rotatable bonds is 2. The van der Waals surface area contributed by atoms with Crippen LogP contribution in [0.15, 0.2) is 42.5 Å². The molecule has 2 aromatic rings. The maximum Gasteiger partial charge on any atom is 0.254 e. The van der Waals surface area contributed by atoms with E-state index in [9.17, 15) is 18.4 Å². The molecule has 26 heavy (non-hydrogen) atoms. The average Bonchev–Trinajstić information content (AvgIpc) is 3.28. The van der Waals surface area contributed by atoms with Crippen LogP contribution in [0, 0.1) is 11.6 Å². The van der Waals surface area contributed by atoms with Gasteiger partial charge in [0.25, 0.3) is 5.91 Å². The molecule has 0 aromatic heterocycles. The molecule has 0 saturated carbocycles. The predicted molar refractivity (Wildman–Crippen MR) is 92.9 cm³/mol. The fraction of sp³-hybridized carbons (Fsp3) is 0.300. The first-order valence-electron chi connectivity index (χ1n) is 8.71. The minimum atomic E-state index is -0.704. The number of hydrogen-bond donors (Lipinski definition) is 0. The van der Waals surface area contributed by atoms with Crippen LogP contribution in [0.1, 0.15) is 28.8 Å². The SMILES string of the molecule is O=C(C1CCCN1C(=O)c1ccccc1)N1CCc2c(F)cc(F)cc21. The van der Waals surface area contributed by atoms with E-state index in [0.717, 1.165) is 12.5 Å². The number of amides is 2. The van der Waals surface area contributed by atoms with E-state index in [4.69, 9.17) is 0 Å². The molecule has 4 rings (SSSR count). The van der Waals surface area contributed by atoms with Gasteiger partial charge in [-0.15, -0.1) is 0 Å². The highest BCUT2D eigenvalue weighted by atomic mass is 19.1. The summed E-state index contributed by atoms with van der Waals surface area (Å²) in [5.74, 6) is -1.79. The van der Waals surface area contributed by atoms with E-state index in [1.165, 1.54) is 11.0 Å². The molecule has 2 aromatic carbocycles. The molecule has 2 amide bonds. The summed E-state index contributed by atoms with van der Waals surface area (Å²) in [6, 6.07) is 10.3. The van der Waals surface area contributed by atoms with Crippen LogP contribution in [0.4, 0.5) is 14.5 Å². The highest BCUT2D eigenvalue weighted by molar-refractivity contribution is 6.03. The number of nitrogens with zero attached hydrogens (tertiary/aromatic N) is 2. The third kappa shape index (κ3) is 2.75. The van der Waals surface area contributed by atoms with Crippen LogP contribution in [-0.2, 0) is 11.2 Å². The zero-order valence-corrected chi connectivity index (χ0v) is 14.1. The molecular formula is C20H18F2N2O2. The Hall–Kier alpha value is -2.76. The van der Waals surface area contributed by atoms with Crippen LogP contribution < -0.4 is 4.90 Å². The fourth-order valence-electron chi connectivity index (χ4n) is 3.84. The van der Waals surface area contributed by atoms with Gasteiger partial charge in [-0.3, -0.25) is 9.59 Å². The fourth-order valence-corrected chi connectivity index (χ4v) is 3.84. The lowest BCUT2D eigenvalue weighted by Crippen LogP contribution is -2.47.